The summed E-state index contributed by atoms with van der Waals surface area (Å²) in [4.78, 5) is 11.7. The van der Waals surface area contributed by atoms with E-state index in [2.05, 4.69) is 10.2 Å². The van der Waals surface area contributed by atoms with Gasteiger partial charge in [0.1, 0.15) is 18.2 Å². The maximum atomic E-state index is 13.0. The molecule has 1 aliphatic heterocycles. The summed E-state index contributed by atoms with van der Waals surface area (Å²) >= 11 is 0. The first-order valence-corrected chi connectivity index (χ1v) is 9.14. The molecule has 0 bridgehead atoms. The first kappa shape index (κ1) is 15.3. The number of carboxylic acid groups (broad SMARTS) is 1. The average molecular weight is 348 g/mol. The summed E-state index contributed by atoms with van der Waals surface area (Å²) in [5, 5.41) is 17.1. The van der Waals surface area contributed by atoms with E-state index in [-0.39, 0.29) is 18.0 Å². The van der Waals surface area contributed by atoms with Gasteiger partial charge in [0, 0.05) is 0 Å². The second-order valence-electron chi connectivity index (χ2n) is 6.09. The van der Waals surface area contributed by atoms with Crippen molar-refractivity contribution < 1.29 is 18.3 Å². The van der Waals surface area contributed by atoms with Crippen molar-refractivity contribution in [2.45, 2.75) is 43.3 Å². The van der Waals surface area contributed by atoms with Crippen molar-refractivity contribution in [3.8, 4) is 0 Å². The van der Waals surface area contributed by atoms with Gasteiger partial charge in [0.2, 0.25) is 10.0 Å². The van der Waals surface area contributed by atoms with E-state index in [4.69, 9.17) is 0 Å². The van der Waals surface area contributed by atoms with Crippen LogP contribution in [0.3, 0.4) is 0 Å². The van der Waals surface area contributed by atoms with Gasteiger partial charge in [-0.25, -0.2) is 8.42 Å². The Bertz CT molecular complexity index is 921. The first-order chi connectivity index (χ1) is 11.5. The molecule has 2 aliphatic rings. The van der Waals surface area contributed by atoms with Gasteiger partial charge in [-0.05, 0) is 42.5 Å². The van der Waals surface area contributed by atoms with Gasteiger partial charge in [-0.2, -0.15) is 4.31 Å². The molecule has 1 unspecified atom stereocenters. The van der Waals surface area contributed by atoms with E-state index in [9.17, 15) is 18.3 Å². The summed E-state index contributed by atoms with van der Waals surface area (Å²) in [6.07, 6.45) is 4.25. The molecule has 1 atom stereocenters. The fraction of sp³-hybridized carbons (Fsp3) is 0.400. The predicted octanol–water partition coefficient (Wildman–Crippen LogP) is 0.425. The molecule has 24 heavy (non-hydrogen) atoms. The first-order valence-electron chi connectivity index (χ1n) is 7.70. The van der Waals surface area contributed by atoms with Crippen LogP contribution in [0.5, 0.6) is 0 Å². The van der Waals surface area contributed by atoms with Crippen LogP contribution in [0, 0.1) is 0 Å². The van der Waals surface area contributed by atoms with Gasteiger partial charge in [-0.15, -0.1) is 10.2 Å². The smallest absolute Gasteiger partial charge is 0.323 e. The van der Waals surface area contributed by atoms with Gasteiger partial charge in [-0.3, -0.25) is 4.79 Å². The SMILES string of the molecule is O=C(O)C1Cn2cnnc2CN1S(=O)(=O)c1ccc2c(c1)CCC2. The molecule has 2 aromatic rings. The van der Waals surface area contributed by atoms with Crippen molar-refractivity contribution in [1.29, 1.82) is 0 Å². The lowest BCUT2D eigenvalue weighted by Crippen LogP contribution is -2.50. The minimum absolute atomic E-state index is 0.00182. The number of carboxylic acids is 1. The molecule has 1 N–H and O–H groups in total. The molecular weight excluding hydrogens is 332 g/mol. The van der Waals surface area contributed by atoms with Crippen LogP contribution in [0.2, 0.25) is 0 Å². The average Bonchev–Trinajstić information content (AvgIpc) is 3.21. The molecule has 0 radical (unpaired) electrons. The maximum Gasteiger partial charge on any atom is 0.323 e. The van der Waals surface area contributed by atoms with E-state index in [0.29, 0.717) is 5.82 Å². The van der Waals surface area contributed by atoms with Gasteiger partial charge in [0.25, 0.3) is 0 Å². The number of hydrogen-bond acceptors (Lipinski definition) is 5. The molecule has 1 aromatic carbocycles. The zero-order valence-corrected chi connectivity index (χ0v) is 13.6. The second-order valence-corrected chi connectivity index (χ2v) is 7.98. The highest BCUT2D eigenvalue weighted by Gasteiger charge is 2.40. The molecule has 2 heterocycles. The Morgan fingerprint density at radius 1 is 1.25 bits per heavy atom. The van der Waals surface area contributed by atoms with E-state index >= 15 is 0 Å². The third-order valence-electron chi connectivity index (χ3n) is 4.67. The van der Waals surface area contributed by atoms with Crippen LogP contribution in [0.1, 0.15) is 23.4 Å². The van der Waals surface area contributed by atoms with Crippen molar-refractivity contribution in [2.75, 3.05) is 0 Å². The van der Waals surface area contributed by atoms with E-state index in [1.54, 1.807) is 16.7 Å². The van der Waals surface area contributed by atoms with Crippen LogP contribution < -0.4 is 0 Å². The molecule has 0 saturated heterocycles. The number of rotatable bonds is 3. The number of carbonyl (C=O) groups is 1. The van der Waals surface area contributed by atoms with Crippen LogP contribution in [-0.4, -0.2) is 44.6 Å². The Balaban J connectivity index is 1.76. The number of aliphatic carboxylic acids is 1. The fourth-order valence-corrected chi connectivity index (χ4v) is 4.96. The standard InChI is InChI=1S/C15H16N4O4S/c20-15(21)13-7-18-9-16-17-14(18)8-19(13)24(22,23)12-5-4-10-2-1-3-11(10)6-12/h4-6,9,13H,1-3,7-8H2,(H,20,21). The van der Waals surface area contributed by atoms with Crippen LogP contribution in [0.4, 0.5) is 0 Å². The zero-order chi connectivity index (χ0) is 16.9. The number of nitrogens with zero attached hydrogens (tertiary/aromatic N) is 4. The number of aromatic nitrogens is 3. The van der Waals surface area contributed by atoms with Gasteiger partial charge in [0.05, 0.1) is 18.0 Å². The molecule has 9 heteroatoms. The molecule has 126 valence electrons. The van der Waals surface area contributed by atoms with E-state index in [1.807, 2.05) is 6.07 Å². The summed E-state index contributed by atoms with van der Waals surface area (Å²) in [5.74, 6) is -0.740. The molecule has 0 saturated carbocycles. The normalized spacial score (nSPS) is 20.6. The molecule has 0 spiro atoms. The van der Waals surface area contributed by atoms with Gasteiger partial charge in [0.15, 0.2) is 0 Å². The van der Waals surface area contributed by atoms with Crippen molar-refractivity contribution in [3.05, 3.63) is 41.5 Å². The van der Waals surface area contributed by atoms with Crippen molar-refractivity contribution in [2.24, 2.45) is 0 Å². The Hall–Kier alpha value is -2.26. The highest BCUT2D eigenvalue weighted by atomic mass is 32.2. The highest BCUT2D eigenvalue weighted by molar-refractivity contribution is 7.89. The Kier molecular flexibility index (Phi) is 3.43. The molecule has 0 amide bonds. The predicted molar refractivity (Wildman–Crippen MR) is 82.6 cm³/mol. The van der Waals surface area contributed by atoms with E-state index in [0.717, 1.165) is 29.1 Å². The summed E-state index contributed by atoms with van der Waals surface area (Å²) in [5.41, 5.74) is 2.20. The maximum absolute atomic E-state index is 13.0. The second kappa shape index (κ2) is 5.38. The van der Waals surface area contributed by atoms with Crippen LogP contribution in [0.25, 0.3) is 0 Å². The fourth-order valence-electron chi connectivity index (χ4n) is 3.38. The summed E-state index contributed by atoms with van der Waals surface area (Å²) < 4.78 is 28.7. The van der Waals surface area contributed by atoms with Crippen LogP contribution >= 0.6 is 0 Å². The quantitative estimate of drug-likeness (QED) is 0.862. The minimum Gasteiger partial charge on any atom is -0.480 e. The molecule has 0 fully saturated rings. The largest absolute Gasteiger partial charge is 0.480 e. The number of benzene rings is 1. The third kappa shape index (κ3) is 2.31. The Morgan fingerprint density at radius 3 is 2.83 bits per heavy atom. The molecule has 1 aliphatic carbocycles. The zero-order valence-electron chi connectivity index (χ0n) is 12.8. The van der Waals surface area contributed by atoms with Gasteiger partial charge in [-0.1, -0.05) is 6.07 Å². The monoisotopic (exact) mass is 348 g/mol. The van der Waals surface area contributed by atoms with Crippen molar-refractivity contribution in [3.63, 3.8) is 0 Å². The summed E-state index contributed by atoms with van der Waals surface area (Å²) in [6, 6.07) is 3.90. The minimum atomic E-state index is -3.93. The lowest BCUT2D eigenvalue weighted by molar-refractivity contribution is -0.142. The number of aryl methyl sites for hydroxylation is 2. The Labute approximate surface area is 138 Å². The van der Waals surface area contributed by atoms with E-state index in [1.165, 1.54) is 11.9 Å². The lowest BCUT2D eigenvalue weighted by Gasteiger charge is -2.32. The number of sulfonamides is 1. The van der Waals surface area contributed by atoms with Crippen molar-refractivity contribution in [1.82, 2.24) is 19.1 Å². The lowest BCUT2D eigenvalue weighted by atomic mass is 10.1. The topological polar surface area (TPSA) is 105 Å². The van der Waals surface area contributed by atoms with Crippen LogP contribution in [0.15, 0.2) is 29.4 Å². The summed E-state index contributed by atoms with van der Waals surface area (Å²) in [6.45, 7) is -0.0990. The number of fused-ring (bicyclic) bond motifs is 2. The third-order valence-corrected chi connectivity index (χ3v) is 6.52. The summed E-state index contributed by atoms with van der Waals surface area (Å²) in [7, 11) is -3.93. The molecule has 4 rings (SSSR count). The Morgan fingerprint density at radius 2 is 2.04 bits per heavy atom. The van der Waals surface area contributed by atoms with Gasteiger partial charge >= 0.3 is 5.97 Å². The number of hydrogen-bond donors (Lipinski definition) is 1. The van der Waals surface area contributed by atoms with Crippen molar-refractivity contribution >= 4 is 16.0 Å². The van der Waals surface area contributed by atoms with E-state index < -0.39 is 22.0 Å². The van der Waals surface area contributed by atoms with Gasteiger partial charge < -0.3 is 9.67 Å². The molecular formula is C15H16N4O4S. The molecule has 1 aromatic heterocycles. The highest BCUT2D eigenvalue weighted by Crippen LogP contribution is 2.29. The van der Waals surface area contributed by atoms with Crippen LogP contribution in [-0.2, 0) is 40.7 Å². The molecule has 8 nitrogen and oxygen atoms in total.